The van der Waals surface area contributed by atoms with Crippen LogP contribution >= 0.6 is 23.1 Å². The first kappa shape index (κ1) is 39.5. The molecule has 0 bridgehead atoms. The molecule has 71 heavy (non-hydrogen) atoms. The zero-order chi connectivity index (χ0) is 46.3. The van der Waals surface area contributed by atoms with Crippen molar-refractivity contribution in [3.63, 3.8) is 0 Å². The molecule has 2 atom stereocenters. The van der Waals surface area contributed by atoms with E-state index in [-0.39, 0.29) is 0 Å². The van der Waals surface area contributed by atoms with Crippen molar-refractivity contribution in [1.82, 2.24) is 19.5 Å². The molecule has 0 fully saturated rings. The average Bonchev–Trinajstić information content (AvgIpc) is 4.26. The first-order valence-corrected chi connectivity index (χ1v) is 25.9. The minimum atomic E-state index is 0.323. The van der Waals surface area contributed by atoms with Gasteiger partial charge in [0.15, 0.2) is 17.5 Å². The largest absolute Gasteiger partial charge is 0.460 e. The molecule has 5 aromatic heterocycles. The lowest BCUT2D eigenvalue weighted by Crippen LogP contribution is -2.07. The van der Waals surface area contributed by atoms with Crippen molar-refractivity contribution in [3.05, 3.63) is 217 Å². The molecule has 6 nitrogen and oxygen atoms in total. The number of hydrogen-bond donors (Lipinski definition) is 0. The van der Waals surface area contributed by atoms with Crippen molar-refractivity contribution in [2.24, 2.45) is 0 Å². The SMILES string of the molecule is C1=CC2Sc3ccc4c(c3C2C=C1)c1cccc(-c2ccc3oc5c(c3c2)C(c2nc(-c3ccc6c(c3)oc3ccccc36)nc(-c3cccc6c3sc3ccccc36)n2)=CCC5)c1n4-c1ccccc1. The standard InChI is InChI=1S/C63H38N4O2S2/c1-2-13-37(14-3-1)67-48-30-32-55-58(43-17-6-9-26-54(43)70-55)57(48)44-20-10-18-38(59(44)67)35-28-31-50-47(33-35)56-45(21-12-24-51(56)68-50)62-64-61(36-27-29-40-39-15-4-7-23-49(39)69-52(40)34-36)65-63(66-62)46-22-11-19-42-41-16-5-8-25-53(41)71-60(42)46/h1-11,13-23,25-34,43,54H,12,24H2. The number of rotatable bonds is 5. The summed E-state index contributed by atoms with van der Waals surface area (Å²) < 4.78 is 18.1. The van der Waals surface area contributed by atoms with Crippen LogP contribution in [0, 0.1) is 0 Å². The maximum atomic E-state index is 6.82. The zero-order valence-electron chi connectivity index (χ0n) is 38.0. The lowest BCUT2D eigenvalue weighted by molar-refractivity contribution is 0.545. The number of thioether (sulfide) groups is 1. The van der Waals surface area contributed by atoms with Gasteiger partial charge in [0.2, 0.25) is 0 Å². The van der Waals surface area contributed by atoms with Crippen LogP contribution in [-0.2, 0) is 6.42 Å². The fourth-order valence-electron chi connectivity index (χ4n) is 11.8. The summed E-state index contributed by atoms with van der Waals surface area (Å²) in [5.74, 6) is 3.10. The van der Waals surface area contributed by atoms with E-state index >= 15 is 0 Å². The molecule has 2 aliphatic carbocycles. The second-order valence-corrected chi connectivity index (χ2v) is 21.1. The van der Waals surface area contributed by atoms with E-state index in [1.807, 2.05) is 23.9 Å². The van der Waals surface area contributed by atoms with Gasteiger partial charge in [0, 0.05) is 103 Å². The van der Waals surface area contributed by atoms with Crippen molar-refractivity contribution < 1.29 is 8.83 Å². The number of fused-ring (bicyclic) bond motifs is 16. The van der Waals surface area contributed by atoms with Gasteiger partial charge in [-0.2, -0.15) is 0 Å². The van der Waals surface area contributed by atoms with E-state index in [0.29, 0.717) is 28.6 Å². The number of furan rings is 2. The third-order valence-corrected chi connectivity index (χ3v) is 17.4. The Bertz CT molecular complexity index is 4530. The van der Waals surface area contributed by atoms with Crippen LogP contribution in [-0.4, -0.2) is 24.8 Å². The molecule has 0 radical (unpaired) electrons. The van der Waals surface area contributed by atoms with Gasteiger partial charge in [-0.05, 0) is 84.3 Å². The van der Waals surface area contributed by atoms with Crippen LogP contribution in [0.4, 0.5) is 0 Å². The van der Waals surface area contributed by atoms with Gasteiger partial charge in [-0.1, -0.05) is 127 Å². The van der Waals surface area contributed by atoms with E-state index in [2.05, 4.69) is 187 Å². The third kappa shape index (κ3) is 5.86. The Balaban J connectivity index is 0.902. The van der Waals surface area contributed by atoms with Crippen molar-refractivity contribution in [1.29, 1.82) is 0 Å². The summed E-state index contributed by atoms with van der Waals surface area (Å²) in [5.41, 5.74) is 13.6. The van der Waals surface area contributed by atoms with Crippen molar-refractivity contribution in [2.75, 3.05) is 0 Å². The molecule has 1 aliphatic heterocycles. The first-order valence-electron chi connectivity index (χ1n) is 24.2. The summed E-state index contributed by atoms with van der Waals surface area (Å²) in [6, 6.07) is 58.6. The van der Waals surface area contributed by atoms with Crippen molar-refractivity contribution >= 4 is 104 Å². The predicted octanol–water partition coefficient (Wildman–Crippen LogP) is 17.0. The van der Waals surface area contributed by atoms with E-state index in [0.717, 1.165) is 95.3 Å². The smallest absolute Gasteiger partial charge is 0.165 e. The van der Waals surface area contributed by atoms with Gasteiger partial charge >= 0.3 is 0 Å². The summed E-state index contributed by atoms with van der Waals surface area (Å²) in [5, 5.41) is 8.61. The summed E-state index contributed by atoms with van der Waals surface area (Å²) in [6.45, 7) is 0. The number of aromatic nitrogens is 4. The maximum Gasteiger partial charge on any atom is 0.165 e. The fourth-order valence-corrected chi connectivity index (χ4v) is 14.3. The molecule has 8 aromatic carbocycles. The Morgan fingerprint density at radius 1 is 0.549 bits per heavy atom. The highest BCUT2D eigenvalue weighted by Gasteiger charge is 2.35. The highest BCUT2D eigenvalue weighted by molar-refractivity contribution is 8.00. The molecule has 16 rings (SSSR count). The Morgan fingerprint density at radius 3 is 2.25 bits per heavy atom. The number of nitrogens with zero attached hydrogens (tertiary/aromatic N) is 4. The van der Waals surface area contributed by atoms with E-state index in [9.17, 15) is 0 Å². The summed E-state index contributed by atoms with van der Waals surface area (Å²) in [7, 11) is 0. The minimum Gasteiger partial charge on any atom is -0.460 e. The number of allylic oxidation sites excluding steroid dienone is 4. The van der Waals surface area contributed by atoms with Gasteiger partial charge < -0.3 is 13.4 Å². The number of benzene rings is 8. The molecule has 0 amide bonds. The second kappa shape index (κ2) is 15.1. The fraction of sp³-hybridized carbons (Fsp3) is 0.0635. The molecule has 0 spiro atoms. The summed E-state index contributed by atoms with van der Waals surface area (Å²) in [4.78, 5) is 17.5. The van der Waals surface area contributed by atoms with Gasteiger partial charge in [-0.3, -0.25) is 0 Å². The number of para-hydroxylation sites is 3. The Hall–Kier alpha value is -8.30. The molecule has 0 N–H and O–H groups in total. The van der Waals surface area contributed by atoms with Gasteiger partial charge in [0.1, 0.15) is 22.5 Å². The maximum absolute atomic E-state index is 6.82. The molecular formula is C63H38N4O2S2. The topological polar surface area (TPSA) is 69.9 Å². The average molecular weight is 947 g/mol. The van der Waals surface area contributed by atoms with Crippen molar-refractivity contribution in [3.8, 4) is 39.6 Å². The van der Waals surface area contributed by atoms with Gasteiger partial charge in [-0.25, -0.2) is 15.0 Å². The number of hydrogen-bond acceptors (Lipinski definition) is 7. The van der Waals surface area contributed by atoms with Crippen LogP contribution in [0.3, 0.4) is 0 Å². The highest BCUT2D eigenvalue weighted by atomic mass is 32.2. The van der Waals surface area contributed by atoms with Crippen LogP contribution in [0.25, 0.3) is 120 Å². The second-order valence-electron chi connectivity index (χ2n) is 18.8. The molecule has 6 heterocycles. The molecule has 8 heteroatoms. The Morgan fingerprint density at radius 2 is 1.31 bits per heavy atom. The van der Waals surface area contributed by atoms with E-state index in [4.69, 9.17) is 23.8 Å². The summed E-state index contributed by atoms with van der Waals surface area (Å²) >= 11 is 3.76. The summed E-state index contributed by atoms with van der Waals surface area (Å²) in [6.07, 6.45) is 13.0. The number of aryl methyl sites for hydroxylation is 1. The van der Waals surface area contributed by atoms with Crippen LogP contribution in [0.1, 0.15) is 35.1 Å². The quantitative estimate of drug-likeness (QED) is 0.171. The Labute approximate surface area is 414 Å². The molecule has 334 valence electrons. The number of thiophene rings is 1. The van der Waals surface area contributed by atoms with Gasteiger partial charge in [-0.15, -0.1) is 23.1 Å². The van der Waals surface area contributed by atoms with E-state index < -0.39 is 0 Å². The molecule has 0 saturated carbocycles. The van der Waals surface area contributed by atoms with Crippen molar-refractivity contribution in [2.45, 2.75) is 28.9 Å². The Kier molecular flexibility index (Phi) is 8.41. The van der Waals surface area contributed by atoms with E-state index in [1.165, 1.54) is 47.7 Å². The molecule has 13 aromatic rings. The van der Waals surface area contributed by atoms with Crippen LogP contribution in [0.15, 0.2) is 208 Å². The normalized spacial score (nSPS) is 16.3. The lowest BCUT2D eigenvalue weighted by atomic mass is 9.89. The minimum absolute atomic E-state index is 0.323. The zero-order valence-corrected chi connectivity index (χ0v) is 39.6. The van der Waals surface area contributed by atoms with Crippen LogP contribution < -0.4 is 0 Å². The molecule has 2 unspecified atom stereocenters. The van der Waals surface area contributed by atoms with Crippen LogP contribution in [0.5, 0.6) is 0 Å². The van der Waals surface area contributed by atoms with E-state index in [1.54, 1.807) is 11.3 Å². The van der Waals surface area contributed by atoms with Gasteiger partial charge in [0.25, 0.3) is 0 Å². The first-order chi connectivity index (χ1) is 35.2. The molecule has 3 aliphatic rings. The van der Waals surface area contributed by atoms with Gasteiger partial charge in [0.05, 0.1) is 11.0 Å². The molecular weight excluding hydrogens is 909 g/mol. The molecule has 0 saturated heterocycles. The van der Waals surface area contributed by atoms with Crippen LogP contribution in [0.2, 0.25) is 0 Å². The third-order valence-electron chi connectivity index (χ3n) is 14.9. The predicted molar refractivity (Wildman–Crippen MR) is 293 cm³/mol. The highest BCUT2D eigenvalue weighted by Crippen LogP contribution is 2.54. The monoisotopic (exact) mass is 946 g/mol. The lowest BCUT2D eigenvalue weighted by Gasteiger charge is -2.15.